The molecule has 1 aromatic rings. The van der Waals surface area contributed by atoms with Gasteiger partial charge in [-0.3, -0.25) is 0 Å². The number of nitriles is 1. The van der Waals surface area contributed by atoms with Crippen molar-refractivity contribution in [3.63, 3.8) is 0 Å². The lowest BCUT2D eigenvalue weighted by molar-refractivity contribution is -0.140. The second-order valence-electron chi connectivity index (χ2n) is 4.49. The molecule has 2 amide bonds. The zero-order valence-corrected chi connectivity index (χ0v) is 11.4. The molecule has 0 aliphatic rings. The van der Waals surface area contributed by atoms with E-state index >= 15 is 0 Å². The van der Waals surface area contributed by atoms with Crippen LogP contribution in [0.3, 0.4) is 0 Å². The molecule has 0 heterocycles. The first-order valence-corrected chi connectivity index (χ1v) is 6.28. The minimum Gasteiger partial charge on any atom is -0.480 e. The maximum absolute atomic E-state index is 11.8. The van der Waals surface area contributed by atoms with E-state index in [2.05, 4.69) is 10.6 Å². The second-order valence-corrected chi connectivity index (χ2v) is 4.49. The highest BCUT2D eigenvalue weighted by atomic mass is 16.4. The number of benzene rings is 1. The smallest absolute Gasteiger partial charge is 0.326 e. The lowest BCUT2D eigenvalue weighted by atomic mass is 9.99. The molecule has 1 aromatic carbocycles. The van der Waals surface area contributed by atoms with Gasteiger partial charge in [-0.05, 0) is 30.2 Å². The van der Waals surface area contributed by atoms with Crippen LogP contribution in [-0.4, -0.2) is 23.1 Å². The Morgan fingerprint density at radius 2 is 1.95 bits per heavy atom. The van der Waals surface area contributed by atoms with E-state index in [0.717, 1.165) is 0 Å². The summed E-state index contributed by atoms with van der Waals surface area (Å²) in [6.45, 7) is 3.63. The zero-order chi connectivity index (χ0) is 15.1. The van der Waals surface area contributed by atoms with E-state index in [1.54, 1.807) is 31.2 Å². The molecule has 106 valence electrons. The highest BCUT2D eigenvalue weighted by Crippen LogP contribution is 2.10. The van der Waals surface area contributed by atoms with Crippen LogP contribution in [0.4, 0.5) is 10.5 Å². The van der Waals surface area contributed by atoms with E-state index in [1.807, 2.05) is 13.0 Å². The fourth-order valence-corrected chi connectivity index (χ4v) is 1.62. The highest BCUT2D eigenvalue weighted by Gasteiger charge is 2.25. The summed E-state index contributed by atoms with van der Waals surface area (Å²) < 4.78 is 0. The highest BCUT2D eigenvalue weighted by molar-refractivity contribution is 5.92. The summed E-state index contributed by atoms with van der Waals surface area (Å²) in [7, 11) is 0. The van der Waals surface area contributed by atoms with Crippen LogP contribution >= 0.6 is 0 Å². The third-order valence-corrected chi connectivity index (χ3v) is 3.04. The van der Waals surface area contributed by atoms with Crippen molar-refractivity contribution in [1.29, 1.82) is 5.26 Å². The van der Waals surface area contributed by atoms with Gasteiger partial charge in [0.15, 0.2) is 0 Å². The number of nitrogens with one attached hydrogen (secondary N) is 2. The van der Waals surface area contributed by atoms with Gasteiger partial charge in [0, 0.05) is 5.69 Å². The summed E-state index contributed by atoms with van der Waals surface area (Å²) in [5.41, 5.74) is 0.980. The Bertz CT molecular complexity index is 519. The topological polar surface area (TPSA) is 102 Å². The lowest BCUT2D eigenvalue weighted by Gasteiger charge is -2.20. The number of carboxylic acids is 1. The van der Waals surface area contributed by atoms with Crippen molar-refractivity contribution in [3.8, 4) is 6.07 Å². The van der Waals surface area contributed by atoms with Crippen molar-refractivity contribution in [2.45, 2.75) is 26.3 Å². The fourth-order valence-electron chi connectivity index (χ4n) is 1.62. The van der Waals surface area contributed by atoms with Crippen molar-refractivity contribution >= 4 is 17.7 Å². The second kappa shape index (κ2) is 7.14. The summed E-state index contributed by atoms with van der Waals surface area (Å²) in [4.78, 5) is 22.8. The summed E-state index contributed by atoms with van der Waals surface area (Å²) >= 11 is 0. The SMILES string of the molecule is CC[C@H](C)[C@H](NC(=O)Nc1ccc(C#N)cc1)C(=O)O. The van der Waals surface area contributed by atoms with E-state index < -0.39 is 18.0 Å². The standard InChI is InChI=1S/C14H17N3O3/c1-3-9(2)12(13(18)19)17-14(20)16-11-6-4-10(8-15)5-7-11/h4-7,9,12H,3H2,1-2H3,(H,18,19)(H2,16,17,20)/t9-,12-/m0/s1. The summed E-state index contributed by atoms with van der Waals surface area (Å²) in [6, 6.07) is 6.76. The van der Waals surface area contributed by atoms with E-state index in [-0.39, 0.29) is 5.92 Å². The first-order valence-electron chi connectivity index (χ1n) is 6.28. The van der Waals surface area contributed by atoms with E-state index in [0.29, 0.717) is 17.7 Å². The van der Waals surface area contributed by atoms with Gasteiger partial charge in [-0.1, -0.05) is 20.3 Å². The number of urea groups is 1. The molecule has 0 radical (unpaired) electrons. The van der Waals surface area contributed by atoms with Crippen molar-refractivity contribution < 1.29 is 14.7 Å². The number of aliphatic carboxylic acids is 1. The average Bonchev–Trinajstić information content (AvgIpc) is 2.44. The molecule has 0 aliphatic carbocycles. The van der Waals surface area contributed by atoms with E-state index in [1.165, 1.54) is 0 Å². The van der Waals surface area contributed by atoms with Crippen molar-refractivity contribution in [3.05, 3.63) is 29.8 Å². The number of carbonyl (C=O) groups excluding carboxylic acids is 1. The van der Waals surface area contributed by atoms with Gasteiger partial charge in [0.25, 0.3) is 0 Å². The Morgan fingerprint density at radius 3 is 2.40 bits per heavy atom. The van der Waals surface area contributed by atoms with Gasteiger partial charge in [0.05, 0.1) is 11.6 Å². The zero-order valence-electron chi connectivity index (χ0n) is 11.4. The molecular weight excluding hydrogens is 258 g/mol. The number of hydrogen-bond donors (Lipinski definition) is 3. The van der Waals surface area contributed by atoms with Gasteiger partial charge in [0.2, 0.25) is 0 Å². The lowest BCUT2D eigenvalue weighted by Crippen LogP contribution is -2.46. The molecule has 0 saturated carbocycles. The molecule has 0 bridgehead atoms. The van der Waals surface area contributed by atoms with Crippen molar-refractivity contribution in [2.75, 3.05) is 5.32 Å². The predicted octanol–water partition coefficient (Wildman–Crippen LogP) is 2.18. The van der Waals surface area contributed by atoms with Gasteiger partial charge in [0.1, 0.15) is 6.04 Å². The van der Waals surface area contributed by atoms with Crippen LogP contribution in [0.1, 0.15) is 25.8 Å². The van der Waals surface area contributed by atoms with E-state index in [4.69, 9.17) is 10.4 Å². The quantitative estimate of drug-likeness (QED) is 0.766. The van der Waals surface area contributed by atoms with Crippen LogP contribution in [0.15, 0.2) is 24.3 Å². The molecular formula is C14H17N3O3. The largest absolute Gasteiger partial charge is 0.480 e. The molecule has 2 atom stereocenters. The molecule has 6 heteroatoms. The molecule has 0 spiro atoms. The molecule has 3 N–H and O–H groups in total. The molecule has 0 aliphatic heterocycles. The molecule has 0 aromatic heterocycles. The number of hydrogen-bond acceptors (Lipinski definition) is 3. The van der Waals surface area contributed by atoms with Crippen molar-refractivity contribution in [2.24, 2.45) is 5.92 Å². The monoisotopic (exact) mass is 275 g/mol. The number of rotatable bonds is 5. The number of anilines is 1. The fraction of sp³-hybridized carbons (Fsp3) is 0.357. The summed E-state index contributed by atoms with van der Waals surface area (Å²) in [5, 5.41) is 22.7. The normalized spacial score (nSPS) is 12.8. The Morgan fingerprint density at radius 1 is 1.35 bits per heavy atom. The average molecular weight is 275 g/mol. The van der Waals surface area contributed by atoms with Crippen LogP contribution in [0, 0.1) is 17.2 Å². The Kier molecular flexibility index (Phi) is 5.54. The minimum absolute atomic E-state index is 0.167. The first-order chi connectivity index (χ1) is 9.47. The number of nitrogens with zero attached hydrogens (tertiary/aromatic N) is 1. The van der Waals surface area contributed by atoms with Crippen LogP contribution < -0.4 is 10.6 Å². The maximum atomic E-state index is 11.8. The number of amides is 2. The molecule has 0 saturated heterocycles. The van der Waals surface area contributed by atoms with Gasteiger partial charge in [-0.2, -0.15) is 5.26 Å². The van der Waals surface area contributed by atoms with Gasteiger partial charge < -0.3 is 15.7 Å². The molecule has 20 heavy (non-hydrogen) atoms. The molecule has 0 fully saturated rings. The Labute approximate surface area is 117 Å². The third-order valence-electron chi connectivity index (χ3n) is 3.04. The third kappa shape index (κ3) is 4.28. The maximum Gasteiger partial charge on any atom is 0.326 e. The van der Waals surface area contributed by atoms with Gasteiger partial charge >= 0.3 is 12.0 Å². The minimum atomic E-state index is -1.06. The molecule has 0 unspecified atom stereocenters. The van der Waals surface area contributed by atoms with Crippen LogP contribution in [-0.2, 0) is 4.79 Å². The Balaban J connectivity index is 2.65. The van der Waals surface area contributed by atoms with Gasteiger partial charge in [-0.25, -0.2) is 9.59 Å². The first kappa shape index (κ1) is 15.5. The summed E-state index contributed by atoms with van der Waals surface area (Å²) in [5.74, 6) is -1.23. The predicted molar refractivity (Wildman–Crippen MR) is 74.2 cm³/mol. The number of carbonyl (C=O) groups is 2. The van der Waals surface area contributed by atoms with Gasteiger partial charge in [-0.15, -0.1) is 0 Å². The van der Waals surface area contributed by atoms with E-state index in [9.17, 15) is 9.59 Å². The molecule has 1 rings (SSSR count). The Hall–Kier alpha value is -2.55. The van der Waals surface area contributed by atoms with Crippen molar-refractivity contribution in [1.82, 2.24) is 5.32 Å². The van der Waals surface area contributed by atoms with Crippen LogP contribution in [0.5, 0.6) is 0 Å². The summed E-state index contributed by atoms with van der Waals surface area (Å²) in [6.07, 6.45) is 0.647. The van der Waals surface area contributed by atoms with Crippen LogP contribution in [0.2, 0.25) is 0 Å². The van der Waals surface area contributed by atoms with Crippen LogP contribution in [0.25, 0.3) is 0 Å². The molecule has 6 nitrogen and oxygen atoms in total. The number of carboxylic acid groups (broad SMARTS) is 1.